The predicted octanol–water partition coefficient (Wildman–Crippen LogP) is 5.63. The molecule has 1 N–H and O–H groups in total. The van der Waals surface area contributed by atoms with Gasteiger partial charge >= 0.3 is 0 Å². The zero-order valence-electron chi connectivity index (χ0n) is 12.9. The molecule has 106 valence electrons. The molecule has 0 bridgehead atoms. The van der Waals surface area contributed by atoms with Gasteiger partial charge in [0.2, 0.25) is 0 Å². The Kier molecular flexibility index (Phi) is 3.66. The second-order valence-corrected chi connectivity index (χ2v) is 5.81. The molecule has 1 unspecified atom stereocenters. The average Bonchev–Trinajstić information content (AvgIpc) is 2.45. The van der Waals surface area contributed by atoms with Crippen molar-refractivity contribution in [3.63, 3.8) is 0 Å². The summed E-state index contributed by atoms with van der Waals surface area (Å²) in [6.45, 7) is 6.50. The van der Waals surface area contributed by atoms with Crippen LogP contribution in [0.4, 0.5) is 5.69 Å². The second kappa shape index (κ2) is 5.61. The first-order valence-corrected chi connectivity index (χ1v) is 7.46. The lowest BCUT2D eigenvalue weighted by Gasteiger charge is -2.18. The minimum Gasteiger partial charge on any atom is -0.378 e. The molecule has 21 heavy (non-hydrogen) atoms. The van der Waals surface area contributed by atoms with Gasteiger partial charge in [-0.25, -0.2) is 0 Å². The molecule has 1 atom stereocenters. The van der Waals surface area contributed by atoms with Crippen LogP contribution in [-0.4, -0.2) is 0 Å². The second-order valence-electron chi connectivity index (χ2n) is 5.81. The van der Waals surface area contributed by atoms with E-state index in [1.165, 1.54) is 33.2 Å². The van der Waals surface area contributed by atoms with Crippen molar-refractivity contribution in [3.8, 4) is 0 Å². The summed E-state index contributed by atoms with van der Waals surface area (Å²) < 4.78 is 0. The highest BCUT2D eigenvalue weighted by molar-refractivity contribution is 5.86. The van der Waals surface area contributed by atoms with E-state index in [2.05, 4.69) is 86.8 Å². The summed E-state index contributed by atoms with van der Waals surface area (Å²) in [6, 6.07) is 22.0. The van der Waals surface area contributed by atoms with Crippen molar-refractivity contribution in [3.05, 3.63) is 77.4 Å². The number of fused-ring (bicyclic) bond motifs is 1. The normalized spacial score (nSPS) is 12.3. The van der Waals surface area contributed by atoms with Gasteiger partial charge in [-0.2, -0.15) is 0 Å². The lowest BCUT2D eigenvalue weighted by Crippen LogP contribution is -2.07. The molecule has 0 aromatic heterocycles. The minimum absolute atomic E-state index is 0.275. The van der Waals surface area contributed by atoms with Crippen LogP contribution in [0.15, 0.2) is 60.7 Å². The van der Waals surface area contributed by atoms with Gasteiger partial charge in [0.05, 0.1) is 0 Å². The van der Waals surface area contributed by atoms with Crippen LogP contribution in [0.25, 0.3) is 10.8 Å². The molecule has 0 aliphatic rings. The SMILES string of the molecule is Cc1cc(C)cc(NC(C)c2cccc3ccccc23)c1. The maximum atomic E-state index is 3.63. The van der Waals surface area contributed by atoms with Gasteiger partial charge < -0.3 is 5.32 Å². The molecule has 1 nitrogen and oxygen atoms in total. The first-order chi connectivity index (χ1) is 10.1. The first-order valence-electron chi connectivity index (χ1n) is 7.46. The van der Waals surface area contributed by atoms with Crippen molar-refractivity contribution in [1.29, 1.82) is 0 Å². The van der Waals surface area contributed by atoms with Crippen LogP contribution in [-0.2, 0) is 0 Å². The highest BCUT2D eigenvalue weighted by Gasteiger charge is 2.09. The molecule has 0 fully saturated rings. The van der Waals surface area contributed by atoms with Crippen LogP contribution < -0.4 is 5.32 Å². The summed E-state index contributed by atoms with van der Waals surface area (Å²) in [7, 11) is 0. The minimum atomic E-state index is 0.275. The standard InChI is InChI=1S/C20H21N/c1-14-11-15(2)13-18(12-14)21-16(3)19-10-6-8-17-7-4-5-9-20(17)19/h4-13,16,21H,1-3H3. The molecule has 0 spiro atoms. The van der Waals surface area contributed by atoms with E-state index in [1.54, 1.807) is 0 Å². The highest BCUT2D eigenvalue weighted by Crippen LogP contribution is 2.27. The van der Waals surface area contributed by atoms with Crippen molar-refractivity contribution >= 4 is 16.5 Å². The van der Waals surface area contributed by atoms with Crippen molar-refractivity contribution in [2.45, 2.75) is 26.8 Å². The van der Waals surface area contributed by atoms with Gasteiger partial charge in [-0.1, -0.05) is 48.5 Å². The predicted molar refractivity (Wildman–Crippen MR) is 91.9 cm³/mol. The summed E-state index contributed by atoms with van der Waals surface area (Å²) >= 11 is 0. The van der Waals surface area contributed by atoms with E-state index >= 15 is 0 Å². The zero-order valence-corrected chi connectivity index (χ0v) is 12.9. The molecule has 0 amide bonds. The third-order valence-electron chi connectivity index (χ3n) is 3.89. The average molecular weight is 275 g/mol. The Morgan fingerprint density at radius 2 is 1.48 bits per heavy atom. The van der Waals surface area contributed by atoms with Gasteiger partial charge in [-0.05, 0) is 60.4 Å². The fraction of sp³-hybridized carbons (Fsp3) is 0.200. The molecule has 0 heterocycles. The van der Waals surface area contributed by atoms with Gasteiger partial charge in [0.1, 0.15) is 0 Å². The molecule has 0 saturated carbocycles. The molecule has 3 rings (SSSR count). The van der Waals surface area contributed by atoms with Gasteiger partial charge in [-0.3, -0.25) is 0 Å². The fourth-order valence-electron chi connectivity index (χ4n) is 3.01. The Hall–Kier alpha value is -2.28. The van der Waals surface area contributed by atoms with Crippen LogP contribution in [0.3, 0.4) is 0 Å². The van der Waals surface area contributed by atoms with E-state index in [-0.39, 0.29) is 6.04 Å². The van der Waals surface area contributed by atoms with Crippen LogP contribution in [0, 0.1) is 13.8 Å². The molecule has 0 aliphatic carbocycles. The van der Waals surface area contributed by atoms with Crippen LogP contribution in [0.1, 0.15) is 29.7 Å². The van der Waals surface area contributed by atoms with E-state index in [4.69, 9.17) is 0 Å². The quantitative estimate of drug-likeness (QED) is 0.653. The first kappa shape index (κ1) is 13.7. The molecule has 1 heteroatoms. The molecular weight excluding hydrogens is 254 g/mol. The zero-order chi connectivity index (χ0) is 14.8. The van der Waals surface area contributed by atoms with Crippen LogP contribution in [0.2, 0.25) is 0 Å². The van der Waals surface area contributed by atoms with Crippen LogP contribution in [0.5, 0.6) is 0 Å². The Morgan fingerprint density at radius 3 is 2.24 bits per heavy atom. The van der Waals surface area contributed by atoms with Crippen molar-refractivity contribution in [1.82, 2.24) is 0 Å². The molecule has 0 saturated heterocycles. The fourth-order valence-corrected chi connectivity index (χ4v) is 3.01. The maximum absolute atomic E-state index is 3.63. The van der Waals surface area contributed by atoms with Gasteiger partial charge in [0.15, 0.2) is 0 Å². The Labute approximate surface area is 126 Å². The van der Waals surface area contributed by atoms with E-state index < -0.39 is 0 Å². The van der Waals surface area contributed by atoms with Crippen molar-refractivity contribution in [2.75, 3.05) is 5.32 Å². The number of hydrogen-bond acceptors (Lipinski definition) is 1. The molecule has 3 aromatic rings. The molecule has 3 aromatic carbocycles. The maximum Gasteiger partial charge on any atom is 0.0491 e. The number of rotatable bonds is 3. The largest absolute Gasteiger partial charge is 0.378 e. The molecule has 0 aliphatic heterocycles. The number of anilines is 1. The summed E-state index contributed by atoms with van der Waals surface area (Å²) in [5, 5.41) is 6.25. The van der Waals surface area contributed by atoms with E-state index in [1.807, 2.05) is 0 Å². The van der Waals surface area contributed by atoms with E-state index in [0.717, 1.165) is 0 Å². The van der Waals surface area contributed by atoms with Crippen LogP contribution >= 0.6 is 0 Å². The summed E-state index contributed by atoms with van der Waals surface area (Å²) in [5.41, 5.74) is 5.12. The summed E-state index contributed by atoms with van der Waals surface area (Å²) in [5.74, 6) is 0. The van der Waals surface area contributed by atoms with E-state index in [9.17, 15) is 0 Å². The Balaban J connectivity index is 1.95. The van der Waals surface area contributed by atoms with Gasteiger partial charge in [0.25, 0.3) is 0 Å². The van der Waals surface area contributed by atoms with Gasteiger partial charge in [0, 0.05) is 11.7 Å². The smallest absolute Gasteiger partial charge is 0.0491 e. The number of benzene rings is 3. The monoisotopic (exact) mass is 275 g/mol. The van der Waals surface area contributed by atoms with Crippen molar-refractivity contribution < 1.29 is 0 Å². The Morgan fingerprint density at radius 1 is 0.810 bits per heavy atom. The van der Waals surface area contributed by atoms with Gasteiger partial charge in [-0.15, -0.1) is 0 Å². The lowest BCUT2D eigenvalue weighted by atomic mass is 9.99. The number of nitrogens with one attached hydrogen (secondary N) is 1. The molecular formula is C20H21N. The number of aryl methyl sites for hydroxylation is 2. The number of hydrogen-bond donors (Lipinski definition) is 1. The third-order valence-corrected chi connectivity index (χ3v) is 3.89. The summed E-state index contributed by atoms with van der Waals surface area (Å²) in [4.78, 5) is 0. The third kappa shape index (κ3) is 2.92. The lowest BCUT2D eigenvalue weighted by molar-refractivity contribution is 0.894. The summed E-state index contributed by atoms with van der Waals surface area (Å²) in [6.07, 6.45) is 0. The highest BCUT2D eigenvalue weighted by atomic mass is 14.9. The molecule has 0 radical (unpaired) electrons. The van der Waals surface area contributed by atoms with Crippen molar-refractivity contribution in [2.24, 2.45) is 0 Å². The topological polar surface area (TPSA) is 12.0 Å². The van der Waals surface area contributed by atoms with E-state index in [0.29, 0.717) is 0 Å². The Bertz CT molecular complexity index is 748.